The molecule has 25 heavy (non-hydrogen) atoms. The molecule has 0 saturated heterocycles. The molecular formula is C18H17F3N2O2. The van der Waals surface area contributed by atoms with Crippen LogP contribution >= 0.6 is 0 Å². The molecule has 1 saturated carbocycles. The van der Waals surface area contributed by atoms with E-state index < -0.39 is 35.3 Å². The number of nitrogens with zero attached hydrogens (tertiary/aromatic N) is 1. The standard InChI is InChI=1S/C18H17F3N2O2/c19-18(20,21)14-8-4-11-23(16(14)25)12-15(24)22-17(9-5-10-17)13-6-2-1-3-7-13/h1-4,6-8,11H,5,9-10,12H2,(H,22,24). The van der Waals surface area contributed by atoms with Gasteiger partial charge in [-0.25, -0.2) is 0 Å². The van der Waals surface area contributed by atoms with Crippen molar-refractivity contribution in [3.63, 3.8) is 0 Å². The molecule has 0 unspecified atom stereocenters. The van der Waals surface area contributed by atoms with Crippen LogP contribution in [0.1, 0.15) is 30.4 Å². The number of halogens is 3. The lowest BCUT2D eigenvalue weighted by Crippen LogP contribution is -2.52. The zero-order valence-corrected chi connectivity index (χ0v) is 13.3. The molecule has 132 valence electrons. The molecule has 0 bridgehead atoms. The molecule has 1 amide bonds. The smallest absolute Gasteiger partial charge is 0.345 e. The Morgan fingerprint density at radius 3 is 2.36 bits per heavy atom. The SMILES string of the molecule is O=C(Cn1cccc(C(F)(F)F)c1=O)NC1(c2ccccc2)CCC1. The molecule has 3 rings (SSSR count). The van der Waals surface area contributed by atoms with Crippen LogP contribution < -0.4 is 10.9 Å². The van der Waals surface area contributed by atoms with Crippen molar-refractivity contribution in [2.45, 2.75) is 37.5 Å². The minimum atomic E-state index is -4.74. The zero-order valence-electron chi connectivity index (χ0n) is 13.3. The van der Waals surface area contributed by atoms with Gasteiger partial charge >= 0.3 is 6.18 Å². The van der Waals surface area contributed by atoms with E-state index in [0.29, 0.717) is 6.07 Å². The van der Waals surface area contributed by atoms with Gasteiger partial charge in [0.2, 0.25) is 5.91 Å². The Hall–Kier alpha value is -2.57. The highest BCUT2D eigenvalue weighted by atomic mass is 19.4. The average molecular weight is 350 g/mol. The number of hydrogen-bond acceptors (Lipinski definition) is 2. The predicted octanol–water partition coefficient (Wildman–Crippen LogP) is 3.06. The molecule has 1 N–H and O–H groups in total. The van der Waals surface area contributed by atoms with Gasteiger partial charge in [0.25, 0.3) is 5.56 Å². The third-order valence-corrected chi connectivity index (χ3v) is 4.55. The summed E-state index contributed by atoms with van der Waals surface area (Å²) in [5.74, 6) is -0.482. The fourth-order valence-corrected chi connectivity index (χ4v) is 3.11. The van der Waals surface area contributed by atoms with Crippen LogP contribution in [0.2, 0.25) is 0 Å². The number of alkyl halides is 3. The highest BCUT2D eigenvalue weighted by molar-refractivity contribution is 5.77. The van der Waals surface area contributed by atoms with E-state index in [1.165, 1.54) is 6.20 Å². The molecule has 1 aromatic heterocycles. The first-order chi connectivity index (χ1) is 11.8. The largest absolute Gasteiger partial charge is 0.421 e. The van der Waals surface area contributed by atoms with E-state index in [-0.39, 0.29) is 0 Å². The predicted molar refractivity (Wildman–Crippen MR) is 85.8 cm³/mol. The van der Waals surface area contributed by atoms with Crippen LogP contribution in [0.15, 0.2) is 53.5 Å². The Morgan fingerprint density at radius 2 is 1.80 bits per heavy atom. The van der Waals surface area contributed by atoms with Crippen molar-refractivity contribution >= 4 is 5.91 Å². The summed E-state index contributed by atoms with van der Waals surface area (Å²) in [4.78, 5) is 24.3. The summed E-state index contributed by atoms with van der Waals surface area (Å²) in [6.07, 6.45) is -1.07. The zero-order chi connectivity index (χ0) is 18.1. The lowest BCUT2D eigenvalue weighted by Gasteiger charge is -2.43. The third-order valence-electron chi connectivity index (χ3n) is 4.55. The fraction of sp³-hybridized carbons (Fsp3) is 0.333. The van der Waals surface area contributed by atoms with E-state index in [4.69, 9.17) is 0 Å². The maximum Gasteiger partial charge on any atom is 0.421 e. The monoisotopic (exact) mass is 350 g/mol. The third kappa shape index (κ3) is 3.45. The number of amides is 1. The van der Waals surface area contributed by atoms with Crippen LogP contribution in [0.5, 0.6) is 0 Å². The van der Waals surface area contributed by atoms with Gasteiger partial charge in [-0.1, -0.05) is 30.3 Å². The van der Waals surface area contributed by atoms with Crippen molar-refractivity contribution in [2.24, 2.45) is 0 Å². The highest BCUT2D eigenvalue weighted by Crippen LogP contribution is 2.41. The second-order valence-corrected chi connectivity index (χ2v) is 6.20. The number of benzene rings is 1. The molecule has 0 atom stereocenters. The molecule has 1 fully saturated rings. The second-order valence-electron chi connectivity index (χ2n) is 6.20. The van der Waals surface area contributed by atoms with Gasteiger partial charge in [0.05, 0.1) is 5.54 Å². The number of hydrogen-bond donors (Lipinski definition) is 1. The minimum Gasteiger partial charge on any atom is -0.345 e. The van der Waals surface area contributed by atoms with Crippen molar-refractivity contribution in [3.8, 4) is 0 Å². The van der Waals surface area contributed by atoms with Crippen molar-refractivity contribution in [2.75, 3.05) is 0 Å². The highest BCUT2D eigenvalue weighted by Gasteiger charge is 2.40. The molecule has 7 heteroatoms. The van der Waals surface area contributed by atoms with Gasteiger partial charge in [-0.3, -0.25) is 9.59 Å². The molecule has 4 nitrogen and oxygen atoms in total. The molecule has 2 aromatic rings. The van der Waals surface area contributed by atoms with Crippen molar-refractivity contribution in [1.29, 1.82) is 0 Å². The topological polar surface area (TPSA) is 51.1 Å². The van der Waals surface area contributed by atoms with Crippen LogP contribution in [-0.4, -0.2) is 10.5 Å². The van der Waals surface area contributed by atoms with Gasteiger partial charge in [0.15, 0.2) is 0 Å². The van der Waals surface area contributed by atoms with Gasteiger partial charge in [0, 0.05) is 6.20 Å². The van der Waals surface area contributed by atoms with E-state index in [9.17, 15) is 22.8 Å². The molecule has 1 aliphatic carbocycles. The van der Waals surface area contributed by atoms with Crippen LogP contribution in [-0.2, 0) is 23.1 Å². The van der Waals surface area contributed by atoms with Gasteiger partial charge in [-0.2, -0.15) is 13.2 Å². The van der Waals surface area contributed by atoms with Crippen molar-refractivity contribution in [3.05, 3.63) is 70.1 Å². The first kappa shape index (κ1) is 17.3. The molecule has 0 spiro atoms. The number of rotatable bonds is 4. The Morgan fingerprint density at radius 1 is 1.12 bits per heavy atom. The van der Waals surface area contributed by atoms with Gasteiger partial charge in [-0.15, -0.1) is 0 Å². The normalized spacial score (nSPS) is 16.1. The van der Waals surface area contributed by atoms with E-state index >= 15 is 0 Å². The number of carbonyl (C=O) groups is 1. The average Bonchev–Trinajstić information content (AvgIpc) is 2.52. The molecule has 1 heterocycles. The van der Waals surface area contributed by atoms with Crippen molar-refractivity contribution < 1.29 is 18.0 Å². The second kappa shape index (κ2) is 6.38. The Balaban J connectivity index is 1.79. The summed E-state index contributed by atoms with van der Waals surface area (Å²) in [6, 6.07) is 11.3. The first-order valence-electron chi connectivity index (χ1n) is 7.95. The summed E-state index contributed by atoms with van der Waals surface area (Å²) in [7, 11) is 0. The Kier molecular flexibility index (Phi) is 4.41. The van der Waals surface area contributed by atoms with E-state index in [1.807, 2.05) is 30.3 Å². The van der Waals surface area contributed by atoms with Crippen molar-refractivity contribution in [1.82, 2.24) is 9.88 Å². The van der Waals surface area contributed by atoms with Crippen LogP contribution in [0.3, 0.4) is 0 Å². The van der Waals surface area contributed by atoms with E-state index in [0.717, 1.165) is 35.5 Å². The lowest BCUT2D eigenvalue weighted by atomic mass is 9.72. The summed E-state index contributed by atoms with van der Waals surface area (Å²) >= 11 is 0. The minimum absolute atomic E-state index is 0.447. The molecule has 1 aromatic carbocycles. The van der Waals surface area contributed by atoms with E-state index in [2.05, 4.69) is 5.32 Å². The lowest BCUT2D eigenvalue weighted by molar-refractivity contribution is -0.139. The fourth-order valence-electron chi connectivity index (χ4n) is 3.11. The number of pyridine rings is 1. The van der Waals surface area contributed by atoms with Crippen LogP contribution in [0.25, 0.3) is 0 Å². The summed E-state index contributed by atoms with van der Waals surface area (Å²) in [5.41, 5.74) is -2.02. The number of nitrogens with one attached hydrogen (secondary N) is 1. The quantitative estimate of drug-likeness (QED) is 0.921. The van der Waals surface area contributed by atoms with Crippen LogP contribution in [0.4, 0.5) is 13.2 Å². The maximum absolute atomic E-state index is 12.8. The molecule has 0 radical (unpaired) electrons. The number of aromatic nitrogens is 1. The molecular weight excluding hydrogens is 333 g/mol. The number of carbonyl (C=O) groups excluding carboxylic acids is 1. The van der Waals surface area contributed by atoms with E-state index in [1.54, 1.807) is 0 Å². The summed E-state index contributed by atoms with van der Waals surface area (Å²) in [6.45, 7) is -0.447. The summed E-state index contributed by atoms with van der Waals surface area (Å²) < 4.78 is 39.2. The molecule has 1 aliphatic rings. The van der Waals surface area contributed by atoms with Gasteiger partial charge < -0.3 is 9.88 Å². The Labute approximate surface area is 142 Å². The summed E-state index contributed by atoms with van der Waals surface area (Å²) in [5, 5.41) is 2.90. The van der Waals surface area contributed by atoms with Gasteiger partial charge in [-0.05, 0) is 37.0 Å². The van der Waals surface area contributed by atoms with Gasteiger partial charge in [0.1, 0.15) is 12.1 Å². The van der Waals surface area contributed by atoms with Crippen LogP contribution in [0, 0.1) is 0 Å². The maximum atomic E-state index is 12.8. The Bertz CT molecular complexity index is 824. The first-order valence-corrected chi connectivity index (χ1v) is 7.95. The molecule has 0 aliphatic heterocycles.